The van der Waals surface area contributed by atoms with Crippen LogP contribution in [0.3, 0.4) is 0 Å². The molecule has 0 atom stereocenters. The number of rotatable bonds is 10. The predicted molar refractivity (Wildman–Crippen MR) is 121 cm³/mol. The van der Waals surface area contributed by atoms with Crippen LogP contribution in [0.4, 0.5) is 11.4 Å². The van der Waals surface area contributed by atoms with E-state index in [1.165, 1.54) is 16.8 Å². The van der Waals surface area contributed by atoms with E-state index in [1.807, 2.05) is 6.07 Å². The number of unbranched alkanes of at least 4 members (excludes halogenated alkanes) is 1. The molecule has 0 unspecified atom stereocenters. The topological polar surface area (TPSA) is 32.3 Å². The number of carbonyl (C=O) groups excluding carboxylic acids is 1. The zero-order valence-corrected chi connectivity index (χ0v) is 18.2. The minimum Gasteiger partial charge on any atom is -0.371 e. The molecule has 1 N–H and O–H groups in total. The van der Waals surface area contributed by atoms with Gasteiger partial charge in [0.15, 0.2) is 0 Å². The van der Waals surface area contributed by atoms with Gasteiger partial charge in [-0.15, -0.1) is 0 Å². The Bertz CT molecular complexity index is 711. The number of para-hydroxylation sites is 2. The zero-order chi connectivity index (χ0) is 20.5. The fourth-order valence-corrected chi connectivity index (χ4v) is 3.49. The Kier molecular flexibility index (Phi) is 8.56. The average molecular weight is 381 g/mol. The van der Waals surface area contributed by atoms with Crippen molar-refractivity contribution in [3.63, 3.8) is 0 Å². The van der Waals surface area contributed by atoms with Crippen molar-refractivity contribution in [1.82, 2.24) is 0 Å². The van der Waals surface area contributed by atoms with Crippen LogP contribution in [0.25, 0.3) is 0 Å². The molecule has 28 heavy (non-hydrogen) atoms. The van der Waals surface area contributed by atoms with Gasteiger partial charge in [-0.2, -0.15) is 0 Å². The van der Waals surface area contributed by atoms with E-state index in [1.54, 1.807) is 0 Å². The molecule has 0 radical (unpaired) electrons. The van der Waals surface area contributed by atoms with Crippen LogP contribution in [0.1, 0.15) is 76.8 Å². The van der Waals surface area contributed by atoms with E-state index in [9.17, 15) is 4.79 Å². The Balaban J connectivity index is 2.10. The van der Waals surface area contributed by atoms with E-state index in [-0.39, 0.29) is 5.91 Å². The molecular formula is C25H36N2O. The summed E-state index contributed by atoms with van der Waals surface area (Å²) in [5.41, 5.74) is 4.63. The molecule has 0 aliphatic heterocycles. The number of anilines is 2. The van der Waals surface area contributed by atoms with Gasteiger partial charge >= 0.3 is 0 Å². The molecule has 152 valence electrons. The Hall–Kier alpha value is -2.29. The summed E-state index contributed by atoms with van der Waals surface area (Å²) in [7, 11) is 0. The van der Waals surface area contributed by atoms with Crippen LogP contribution >= 0.6 is 0 Å². The molecule has 0 heterocycles. The van der Waals surface area contributed by atoms with Crippen molar-refractivity contribution >= 4 is 17.3 Å². The monoisotopic (exact) mass is 380 g/mol. The smallest absolute Gasteiger partial charge is 0.226 e. The Labute approximate surface area is 171 Å². The molecule has 0 aliphatic rings. The summed E-state index contributed by atoms with van der Waals surface area (Å²) in [5.74, 6) is 0.839. The van der Waals surface area contributed by atoms with Gasteiger partial charge in [0.05, 0.1) is 0 Å². The second-order valence-electron chi connectivity index (χ2n) is 8.10. The number of carbonyl (C=O) groups is 1. The van der Waals surface area contributed by atoms with Crippen molar-refractivity contribution in [3.8, 4) is 0 Å². The van der Waals surface area contributed by atoms with E-state index in [4.69, 9.17) is 0 Å². The molecule has 0 saturated heterocycles. The predicted octanol–water partition coefficient (Wildman–Crippen LogP) is 6.57. The van der Waals surface area contributed by atoms with Crippen molar-refractivity contribution in [3.05, 3.63) is 59.7 Å². The van der Waals surface area contributed by atoms with E-state index < -0.39 is 0 Å². The minimum atomic E-state index is 0.0902. The maximum Gasteiger partial charge on any atom is 0.226 e. The number of amides is 1. The average Bonchev–Trinajstić information content (AvgIpc) is 2.68. The first kappa shape index (κ1) is 22.0. The lowest BCUT2D eigenvalue weighted by Crippen LogP contribution is -2.29. The Morgan fingerprint density at radius 1 is 0.893 bits per heavy atom. The van der Waals surface area contributed by atoms with Crippen molar-refractivity contribution < 1.29 is 4.79 Å². The number of nitrogens with zero attached hydrogens (tertiary/aromatic N) is 1. The van der Waals surface area contributed by atoms with Gasteiger partial charge in [0.2, 0.25) is 5.91 Å². The third-order valence-electron chi connectivity index (χ3n) is 5.15. The lowest BCUT2D eigenvalue weighted by molar-refractivity contribution is -0.116. The second kappa shape index (κ2) is 10.9. The minimum absolute atomic E-state index is 0.0902. The van der Waals surface area contributed by atoms with Crippen LogP contribution in [0.2, 0.25) is 0 Å². The maximum absolute atomic E-state index is 12.8. The summed E-state index contributed by atoms with van der Waals surface area (Å²) in [4.78, 5) is 15.2. The maximum atomic E-state index is 12.8. The van der Waals surface area contributed by atoms with Gasteiger partial charge in [0, 0.05) is 30.9 Å². The van der Waals surface area contributed by atoms with Crippen molar-refractivity contribution in [2.75, 3.05) is 23.3 Å². The summed E-state index contributed by atoms with van der Waals surface area (Å²) >= 11 is 0. The molecule has 0 fully saturated rings. The van der Waals surface area contributed by atoms with Crippen molar-refractivity contribution in [2.24, 2.45) is 0 Å². The molecule has 2 aromatic carbocycles. The van der Waals surface area contributed by atoms with Crippen molar-refractivity contribution in [2.45, 2.75) is 65.7 Å². The largest absolute Gasteiger partial charge is 0.371 e. The SMILES string of the molecule is CCCCN(CCC(=O)Nc1c(C(C)C)cccc1C(C)C)c1ccccc1. The number of nitrogens with one attached hydrogen (secondary N) is 1. The molecule has 0 saturated carbocycles. The summed E-state index contributed by atoms with van der Waals surface area (Å²) in [6, 6.07) is 16.8. The second-order valence-corrected chi connectivity index (χ2v) is 8.10. The Morgan fingerprint density at radius 2 is 1.50 bits per heavy atom. The first-order valence-corrected chi connectivity index (χ1v) is 10.7. The van der Waals surface area contributed by atoms with E-state index >= 15 is 0 Å². The van der Waals surface area contributed by atoms with Gasteiger partial charge < -0.3 is 10.2 Å². The molecular weight excluding hydrogens is 344 g/mol. The normalized spacial score (nSPS) is 11.1. The molecule has 2 rings (SSSR count). The van der Waals surface area contributed by atoms with Gasteiger partial charge in [-0.25, -0.2) is 0 Å². The summed E-state index contributed by atoms with van der Waals surface area (Å²) in [6.45, 7) is 12.6. The van der Waals surface area contributed by atoms with Gasteiger partial charge in [0.25, 0.3) is 0 Å². The first-order chi connectivity index (χ1) is 13.4. The van der Waals surface area contributed by atoms with Crippen LogP contribution in [0.5, 0.6) is 0 Å². The van der Waals surface area contributed by atoms with Gasteiger partial charge in [-0.3, -0.25) is 4.79 Å². The first-order valence-electron chi connectivity index (χ1n) is 10.7. The molecule has 0 bridgehead atoms. The molecule has 3 nitrogen and oxygen atoms in total. The summed E-state index contributed by atoms with van der Waals surface area (Å²) < 4.78 is 0. The molecule has 0 aromatic heterocycles. The van der Waals surface area contributed by atoms with E-state index in [0.29, 0.717) is 18.3 Å². The molecule has 3 heteroatoms. The highest BCUT2D eigenvalue weighted by Gasteiger charge is 2.16. The quantitative estimate of drug-likeness (QED) is 0.505. The molecule has 2 aromatic rings. The zero-order valence-electron chi connectivity index (χ0n) is 18.2. The van der Waals surface area contributed by atoms with Crippen LogP contribution < -0.4 is 10.2 Å². The standard InChI is InChI=1S/C25H36N2O/c1-6-7-17-27(21-12-9-8-10-13-21)18-16-24(28)26-25-22(19(2)3)14-11-15-23(25)20(4)5/h8-15,19-20H,6-7,16-18H2,1-5H3,(H,26,28). The lowest BCUT2D eigenvalue weighted by Gasteiger charge is -2.25. The highest BCUT2D eigenvalue weighted by Crippen LogP contribution is 2.32. The summed E-state index contributed by atoms with van der Waals surface area (Å²) in [6.07, 6.45) is 2.77. The van der Waals surface area contributed by atoms with E-state index in [0.717, 1.165) is 31.6 Å². The fourth-order valence-electron chi connectivity index (χ4n) is 3.49. The summed E-state index contributed by atoms with van der Waals surface area (Å²) in [5, 5.41) is 3.24. The highest BCUT2D eigenvalue weighted by molar-refractivity contribution is 5.93. The van der Waals surface area contributed by atoms with Crippen LogP contribution in [0.15, 0.2) is 48.5 Å². The van der Waals surface area contributed by atoms with E-state index in [2.05, 4.69) is 87.3 Å². The number of hydrogen-bond donors (Lipinski definition) is 1. The van der Waals surface area contributed by atoms with Gasteiger partial charge in [-0.05, 0) is 41.5 Å². The fraction of sp³-hybridized carbons (Fsp3) is 0.480. The Morgan fingerprint density at radius 3 is 2.04 bits per heavy atom. The number of benzene rings is 2. The van der Waals surface area contributed by atoms with Crippen LogP contribution in [0, 0.1) is 0 Å². The molecule has 0 aliphatic carbocycles. The number of hydrogen-bond acceptors (Lipinski definition) is 2. The third-order valence-corrected chi connectivity index (χ3v) is 5.15. The lowest BCUT2D eigenvalue weighted by atomic mass is 9.92. The van der Waals surface area contributed by atoms with Gasteiger partial charge in [0.1, 0.15) is 0 Å². The highest BCUT2D eigenvalue weighted by atomic mass is 16.1. The van der Waals surface area contributed by atoms with Crippen LogP contribution in [-0.2, 0) is 4.79 Å². The van der Waals surface area contributed by atoms with Crippen molar-refractivity contribution in [1.29, 1.82) is 0 Å². The third kappa shape index (κ3) is 6.12. The van der Waals surface area contributed by atoms with Crippen LogP contribution in [-0.4, -0.2) is 19.0 Å². The van der Waals surface area contributed by atoms with Gasteiger partial charge in [-0.1, -0.05) is 77.4 Å². The molecule has 1 amide bonds. The molecule has 0 spiro atoms.